The molecule has 0 amide bonds. The highest BCUT2D eigenvalue weighted by atomic mass is 32.2. The Kier molecular flexibility index (Phi) is 4.34. The van der Waals surface area contributed by atoms with Gasteiger partial charge in [0.2, 0.25) is 10.0 Å². The molecule has 2 rings (SSSR count). The molecule has 4 nitrogen and oxygen atoms in total. The maximum absolute atomic E-state index is 12.3. The normalized spacial score (nSPS) is 12.3. The summed E-state index contributed by atoms with van der Waals surface area (Å²) in [6.45, 7) is 4.32. The van der Waals surface area contributed by atoms with Crippen molar-refractivity contribution < 1.29 is 8.42 Å². The Hall–Kier alpha value is -1.85. The number of rotatable bonds is 5. The van der Waals surface area contributed by atoms with Crippen molar-refractivity contribution >= 4 is 15.7 Å². The third-order valence-electron chi connectivity index (χ3n) is 3.43. The van der Waals surface area contributed by atoms with Crippen LogP contribution in [0.25, 0.3) is 0 Å². The molecule has 2 aromatic rings. The van der Waals surface area contributed by atoms with E-state index in [1.807, 2.05) is 44.2 Å². The Bertz CT molecular complexity index is 710. The molecule has 0 spiro atoms. The van der Waals surface area contributed by atoms with Gasteiger partial charge >= 0.3 is 0 Å². The molecule has 3 N–H and O–H groups in total. The van der Waals surface area contributed by atoms with E-state index in [1.54, 1.807) is 12.1 Å². The van der Waals surface area contributed by atoms with Crippen LogP contribution < -0.4 is 10.5 Å². The third-order valence-corrected chi connectivity index (χ3v) is 4.83. The lowest BCUT2D eigenvalue weighted by Gasteiger charge is -2.25. The van der Waals surface area contributed by atoms with Crippen molar-refractivity contribution in [2.24, 2.45) is 0 Å². The van der Waals surface area contributed by atoms with Gasteiger partial charge < -0.3 is 5.73 Å². The number of hydrogen-bond donors (Lipinski definition) is 2. The van der Waals surface area contributed by atoms with Crippen LogP contribution in [0, 0.1) is 0 Å². The number of sulfonamides is 1. The number of nitrogens with one attached hydrogen (secondary N) is 1. The van der Waals surface area contributed by atoms with Gasteiger partial charge in [-0.25, -0.2) is 13.1 Å². The predicted molar refractivity (Wildman–Crippen MR) is 85.5 cm³/mol. The molecule has 5 heteroatoms. The zero-order chi connectivity index (χ0) is 15.5. The highest BCUT2D eigenvalue weighted by Crippen LogP contribution is 2.22. The molecule has 0 aliphatic carbocycles. The van der Waals surface area contributed by atoms with E-state index in [4.69, 9.17) is 5.73 Å². The van der Waals surface area contributed by atoms with E-state index in [0.29, 0.717) is 12.2 Å². The minimum absolute atomic E-state index is 0.186. The van der Waals surface area contributed by atoms with Crippen LogP contribution in [0.3, 0.4) is 0 Å². The van der Waals surface area contributed by atoms with E-state index >= 15 is 0 Å². The Labute approximate surface area is 126 Å². The molecule has 0 fully saturated rings. The number of nitrogen functional groups attached to an aromatic ring is 1. The largest absolute Gasteiger partial charge is 0.399 e. The molecule has 0 aliphatic rings. The summed E-state index contributed by atoms with van der Waals surface area (Å²) >= 11 is 0. The first-order chi connectivity index (χ1) is 9.81. The van der Waals surface area contributed by atoms with Crippen LogP contribution in [0.4, 0.5) is 5.69 Å². The van der Waals surface area contributed by atoms with Crippen molar-refractivity contribution in [2.75, 3.05) is 12.3 Å². The summed E-state index contributed by atoms with van der Waals surface area (Å²) < 4.78 is 27.2. The van der Waals surface area contributed by atoms with Crippen LogP contribution in [0.5, 0.6) is 0 Å². The van der Waals surface area contributed by atoms with E-state index in [1.165, 1.54) is 12.1 Å². The third kappa shape index (κ3) is 3.83. The first-order valence-corrected chi connectivity index (χ1v) is 8.20. The first-order valence-electron chi connectivity index (χ1n) is 6.72. The van der Waals surface area contributed by atoms with Gasteiger partial charge in [0.15, 0.2) is 0 Å². The monoisotopic (exact) mass is 304 g/mol. The van der Waals surface area contributed by atoms with Gasteiger partial charge in [-0.2, -0.15) is 0 Å². The molecule has 112 valence electrons. The number of hydrogen-bond acceptors (Lipinski definition) is 3. The minimum atomic E-state index is -3.55. The van der Waals surface area contributed by atoms with Crippen LogP contribution in [0.15, 0.2) is 59.5 Å². The van der Waals surface area contributed by atoms with E-state index in [0.717, 1.165) is 5.56 Å². The van der Waals surface area contributed by atoms with E-state index in [9.17, 15) is 8.42 Å². The second-order valence-electron chi connectivity index (χ2n) is 5.65. The zero-order valence-corrected chi connectivity index (χ0v) is 13.0. The SMILES string of the molecule is CC(C)(CNS(=O)(=O)c1cccc(N)c1)c1ccccc1. The molecular weight excluding hydrogens is 284 g/mol. The molecule has 0 saturated heterocycles. The highest BCUT2D eigenvalue weighted by molar-refractivity contribution is 7.89. The second-order valence-corrected chi connectivity index (χ2v) is 7.41. The standard InChI is InChI=1S/C16H20N2O2S/c1-16(2,13-7-4-3-5-8-13)12-18-21(19,20)15-10-6-9-14(17)11-15/h3-11,18H,12,17H2,1-2H3. The number of benzene rings is 2. The fourth-order valence-electron chi connectivity index (χ4n) is 2.03. The summed E-state index contributed by atoms with van der Waals surface area (Å²) in [6, 6.07) is 16.1. The molecule has 21 heavy (non-hydrogen) atoms. The molecule has 0 saturated carbocycles. The molecule has 0 radical (unpaired) electrons. The molecule has 2 aromatic carbocycles. The molecule has 0 heterocycles. The van der Waals surface area contributed by atoms with Gasteiger partial charge in [0, 0.05) is 17.6 Å². The van der Waals surface area contributed by atoms with Gasteiger partial charge in [0.25, 0.3) is 0 Å². The lowest BCUT2D eigenvalue weighted by Crippen LogP contribution is -2.36. The van der Waals surface area contributed by atoms with Crippen LogP contribution >= 0.6 is 0 Å². The van der Waals surface area contributed by atoms with E-state index < -0.39 is 10.0 Å². The Morgan fingerprint density at radius 1 is 1.05 bits per heavy atom. The van der Waals surface area contributed by atoms with E-state index in [-0.39, 0.29) is 10.3 Å². The quantitative estimate of drug-likeness (QED) is 0.834. The lowest BCUT2D eigenvalue weighted by molar-refractivity contribution is 0.501. The number of nitrogens with two attached hydrogens (primary N) is 1. The van der Waals surface area contributed by atoms with Gasteiger partial charge in [-0.05, 0) is 23.8 Å². The van der Waals surface area contributed by atoms with E-state index in [2.05, 4.69) is 4.72 Å². The van der Waals surface area contributed by atoms with Crippen LogP contribution in [-0.2, 0) is 15.4 Å². The Balaban J connectivity index is 2.15. The predicted octanol–water partition coefficient (Wildman–Crippen LogP) is 2.52. The topological polar surface area (TPSA) is 72.2 Å². The fourth-order valence-corrected chi connectivity index (χ4v) is 3.30. The summed E-state index contributed by atoms with van der Waals surface area (Å²) in [5.74, 6) is 0. The van der Waals surface area contributed by atoms with Crippen molar-refractivity contribution in [3.63, 3.8) is 0 Å². The summed E-state index contributed by atoms with van der Waals surface area (Å²) in [5.41, 5.74) is 6.85. The highest BCUT2D eigenvalue weighted by Gasteiger charge is 2.24. The summed E-state index contributed by atoms with van der Waals surface area (Å²) in [4.78, 5) is 0.186. The van der Waals surface area contributed by atoms with Gasteiger partial charge in [-0.15, -0.1) is 0 Å². The van der Waals surface area contributed by atoms with Gasteiger partial charge in [-0.1, -0.05) is 50.2 Å². The molecular formula is C16H20N2O2S. The maximum atomic E-state index is 12.3. The smallest absolute Gasteiger partial charge is 0.240 e. The van der Waals surface area contributed by atoms with Crippen LogP contribution in [0.2, 0.25) is 0 Å². The zero-order valence-electron chi connectivity index (χ0n) is 12.2. The second kappa shape index (κ2) is 5.87. The van der Waals surface area contributed by atoms with Crippen molar-refractivity contribution in [3.8, 4) is 0 Å². The van der Waals surface area contributed by atoms with Crippen molar-refractivity contribution in [2.45, 2.75) is 24.2 Å². The maximum Gasteiger partial charge on any atom is 0.240 e. The Morgan fingerprint density at radius 3 is 2.33 bits per heavy atom. The molecule has 0 aliphatic heterocycles. The van der Waals surface area contributed by atoms with Gasteiger partial charge in [-0.3, -0.25) is 0 Å². The first kappa shape index (κ1) is 15.5. The Morgan fingerprint density at radius 2 is 1.71 bits per heavy atom. The average molecular weight is 304 g/mol. The van der Waals surface area contributed by atoms with Crippen LogP contribution in [-0.4, -0.2) is 15.0 Å². The lowest BCUT2D eigenvalue weighted by atomic mass is 9.85. The van der Waals surface area contributed by atoms with Crippen LogP contribution in [0.1, 0.15) is 19.4 Å². The summed E-state index contributed by atoms with van der Waals surface area (Å²) in [7, 11) is -3.55. The minimum Gasteiger partial charge on any atom is -0.399 e. The molecule has 0 unspecified atom stereocenters. The average Bonchev–Trinajstić information content (AvgIpc) is 2.46. The molecule has 0 bridgehead atoms. The van der Waals surface area contributed by atoms with Crippen molar-refractivity contribution in [1.29, 1.82) is 0 Å². The summed E-state index contributed by atoms with van der Waals surface area (Å²) in [5, 5.41) is 0. The fraction of sp³-hybridized carbons (Fsp3) is 0.250. The molecule has 0 atom stereocenters. The number of anilines is 1. The summed E-state index contributed by atoms with van der Waals surface area (Å²) in [6.07, 6.45) is 0. The van der Waals surface area contributed by atoms with Crippen molar-refractivity contribution in [3.05, 3.63) is 60.2 Å². The molecule has 0 aromatic heterocycles. The van der Waals surface area contributed by atoms with Gasteiger partial charge in [0.1, 0.15) is 0 Å². The van der Waals surface area contributed by atoms with Gasteiger partial charge in [0.05, 0.1) is 4.90 Å². The van der Waals surface area contributed by atoms with Crippen molar-refractivity contribution in [1.82, 2.24) is 4.72 Å².